The molecule has 36 heavy (non-hydrogen) atoms. The molecule has 0 aliphatic carbocycles. The SMILES string of the molecule is CC(=O)Oc1cccc2c1cc(C)n2C(=O)c1ccc(OC[C@@H]2CN(C)c3c(F)cccc3O2)cc1. The fraction of sp³-hybridized carbons (Fsp3) is 0.214. The van der Waals surface area contributed by atoms with Crippen LogP contribution in [-0.2, 0) is 4.79 Å². The molecular formula is C28H25FN2O5. The monoisotopic (exact) mass is 488 g/mol. The van der Waals surface area contributed by atoms with Gasteiger partial charge >= 0.3 is 5.97 Å². The Hall–Kier alpha value is -4.33. The predicted molar refractivity (Wildman–Crippen MR) is 134 cm³/mol. The minimum absolute atomic E-state index is 0.204. The van der Waals surface area contributed by atoms with Crippen LogP contribution >= 0.6 is 0 Å². The van der Waals surface area contributed by atoms with E-state index in [1.165, 1.54) is 13.0 Å². The number of hydrogen-bond donors (Lipinski definition) is 0. The van der Waals surface area contributed by atoms with E-state index >= 15 is 0 Å². The molecule has 0 spiro atoms. The quantitative estimate of drug-likeness (QED) is 0.292. The highest BCUT2D eigenvalue weighted by Crippen LogP contribution is 2.35. The number of aromatic nitrogens is 1. The number of halogens is 1. The molecule has 3 aromatic carbocycles. The van der Waals surface area contributed by atoms with Gasteiger partial charge in [-0.1, -0.05) is 12.1 Å². The highest BCUT2D eigenvalue weighted by atomic mass is 19.1. The summed E-state index contributed by atoms with van der Waals surface area (Å²) < 4.78 is 32.8. The molecule has 2 heterocycles. The van der Waals surface area contributed by atoms with Gasteiger partial charge in [0.15, 0.2) is 0 Å². The van der Waals surface area contributed by atoms with E-state index in [4.69, 9.17) is 14.2 Å². The van der Waals surface area contributed by atoms with Crippen LogP contribution in [0.25, 0.3) is 10.9 Å². The fourth-order valence-corrected chi connectivity index (χ4v) is 4.52. The summed E-state index contributed by atoms with van der Waals surface area (Å²) in [6.45, 7) is 3.93. The molecule has 7 nitrogen and oxygen atoms in total. The molecule has 0 fully saturated rings. The van der Waals surface area contributed by atoms with E-state index in [1.807, 2.05) is 31.0 Å². The van der Waals surface area contributed by atoms with Gasteiger partial charge in [0.25, 0.3) is 5.91 Å². The third-order valence-corrected chi connectivity index (χ3v) is 6.09. The Kier molecular flexibility index (Phi) is 6.10. The summed E-state index contributed by atoms with van der Waals surface area (Å²) in [6, 6.07) is 18.7. The summed E-state index contributed by atoms with van der Waals surface area (Å²) in [4.78, 5) is 26.6. The van der Waals surface area contributed by atoms with Gasteiger partial charge in [-0.25, -0.2) is 4.39 Å². The van der Waals surface area contributed by atoms with E-state index in [0.717, 1.165) is 5.69 Å². The van der Waals surface area contributed by atoms with Gasteiger partial charge in [0, 0.05) is 30.6 Å². The van der Waals surface area contributed by atoms with Crippen molar-refractivity contribution < 1.29 is 28.2 Å². The molecule has 4 aromatic rings. The second-order valence-electron chi connectivity index (χ2n) is 8.75. The number of benzene rings is 3. The molecule has 0 radical (unpaired) electrons. The van der Waals surface area contributed by atoms with Crippen LogP contribution in [0, 0.1) is 12.7 Å². The summed E-state index contributed by atoms with van der Waals surface area (Å²) >= 11 is 0. The number of aryl methyl sites for hydroxylation is 1. The molecule has 0 amide bonds. The van der Waals surface area contributed by atoms with E-state index in [1.54, 1.807) is 53.1 Å². The smallest absolute Gasteiger partial charge is 0.308 e. The van der Waals surface area contributed by atoms with Crippen molar-refractivity contribution in [2.45, 2.75) is 20.0 Å². The summed E-state index contributed by atoms with van der Waals surface area (Å²) in [6.07, 6.45) is -0.272. The third-order valence-electron chi connectivity index (χ3n) is 6.09. The number of carbonyl (C=O) groups is 2. The van der Waals surface area contributed by atoms with Crippen molar-refractivity contribution in [2.24, 2.45) is 0 Å². The van der Waals surface area contributed by atoms with Gasteiger partial charge in [-0.3, -0.25) is 14.2 Å². The lowest BCUT2D eigenvalue weighted by Gasteiger charge is -2.33. The van der Waals surface area contributed by atoms with E-state index < -0.39 is 5.97 Å². The first kappa shape index (κ1) is 23.4. The number of nitrogens with zero attached hydrogens (tertiary/aromatic N) is 2. The Labute approximate surface area is 207 Å². The van der Waals surface area contributed by atoms with Gasteiger partial charge in [-0.05, 0) is 61.5 Å². The normalized spacial score (nSPS) is 14.8. The number of ether oxygens (including phenoxy) is 3. The van der Waals surface area contributed by atoms with Gasteiger partial charge in [-0.15, -0.1) is 0 Å². The highest BCUT2D eigenvalue weighted by molar-refractivity contribution is 6.04. The maximum absolute atomic E-state index is 14.1. The van der Waals surface area contributed by atoms with Crippen LogP contribution in [-0.4, -0.2) is 42.7 Å². The van der Waals surface area contributed by atoms with E-state index in [2.05, 4.69) is 0 Å². The number of fused-ring (bicyclic) bond motifs is 2. The topological polar surface area (TPSA) is 70.0 Å². The molecule has 1 aromatic heterocycles. The summed E-state index contributed by atoms with van der Waals surface area (Å²) in [5.74, 6) is 0.558. The molecule has 0 N–H and O–H groups in total. The zero-order chi connectivity index (χ0) is 25.4. The average molecular weight is 489 g/mol. The number of hydrogen-bond acceptors (Lipinski definition) is 6. The summed E-state index contributed by atoms with van der Waals surface area (Å²) in [7, 11) is 1.82. The Morgan fingerprint density at radius 1 is 1.08 bits per heavy atom. The molecule has 5 rings (SSSR count). The first-order chi connectivity index (χ1) is 17.3. The van der Waals surface area contributed by atoms with Crippen LogP contribution in [0.15, 0.2) is 66.7 Å². The van der Waals surface area contributed by atoms with Crippen molar-refractivity contribution in [3.05, 3.63) is 83.8 Å². The molecule has 8 heteroatoms. The number of para-hydroxylation sites is 1. The minimum atomic E-state index is -0.420. The Bertz CT molecular complexity index is 1460. The highest BCUT2D eigenvalue weighted by Gasteiger charge is 2.26. The minimum Gasteiger partial charge on any atom is -0.490 e. The molecule has 0 saturated carbocycles. The Morgan fingerprint density at radius 3 is 2.58 bits per heavy atom. The van der Waals surface area contributed by atoms with Gasteiger partial charge in [-0.2, -0.15) is 0 Å². The van der Waals surface area contributed by atoms with Crippen molar-refractivity contribution in [2.75, 3.05) is 25.1 Å². The van der Waals surface area contributed by atoms with Crippen LogP contribution in [0.2, 0.25) is 0 Å². The van der Waals surface area contributed by atoms with Gasteiger partial charge < -0.3 is 19.1 Å². The molecule has 1 aliphatic heterocycles. The molecule has 1 atom stereocenters. The lowest BCUT2D eigenvalue weighted by molar-refractivity contribution is -0.131. The molecule has 0 saturated heterocycles. The van der Waals surface area contributed by atoms with E-state index in [-0.39, 0.29) is 24.4 Å². The summed E-state index contributed by atoms with van der Waals surface area (Å²) in [5, 5.41) is 0.692. The molecule has 0 unspecified atom stereocenters. The number of esters is 1. The molecule has 0 bridgehead atoms. The van der Waals surface area contributed by atoms with E-state index in [0.29, 0.717) is 45.9 Å². The Balaban J connectivity index is 1.29. The molecule has 1 aliphatic rings. The van der Waals surface area contributed by atoms with Crippen LogP contribution in [0.5, 0.6) is 17.2 Å². The zero-order valence-corrected chi connectivity index (χ0v) is 20.2. The average Bonchev–Trinajstić information content (AvgIpc) is 3.19. The van der Waals surface area contributed by atoms with Gasteiger partial charge in [0.1, 0.15) is 41.5 Å². The predicted octanol–water partition coefficient (Wildman–Crippen LogP) is 4.98. The van der Waals surface area contributed by atoms with E-state index in [9.17, 15) is 14.0 Å². The fourth-order valence-electron chi connectivity index (χ4n) is 4.52. The van der Waals surface area contributed by atoms with Crippen molar-refractivity contribution in [3.63, 3.8) is 0 Å². The number of carbonyl (C=O) groups excluding carboxylic acids is 2. The lowest BCUT2D eigenvalue weighted by Crippen LogP contribution is -2.41. The van der Waals surface area contributed by atoms with Crippen LogP contribution in [0.3, 0.4) is 0 Å². The first-order valence-corrected chi connectivity index (χ1v) is 11.5. The number of anilines is 1. The van der Waals surface area contributed by atoms with Gasteiger partial charge in [0.2, 0.25) is 0 Å². The number of rotatable bonds is 5. The lowest BCUT2D eigenvalue weighted by atomic mass is 10.2. The van der Waals surface area contributed by atoms with Crippen molar-refractivity contribution in [3.8, 4) is 17.2 Å². The second kappa shape index (κ2) is 9.37. The standard InChI is InChI=1S/C28H25FN2O5/c1-17-14-22-24(7-5-8-25(22)35-18(2)32)31(17)28(33)19-10-12-20(13-11-19)34-16-21-15-30(3)27-23(29)6-4-9-26(27)36-21/h4-14,21H,15-16H2,1-3H3/t21-/m0/s1. The van der Waals surface area contributed by atoms with Crippen molar-refractivity contribution in [1.29, 1.82) is 0 Å². The van der Waals surface area contributed by atoms with Crippen molar-refractivity contribution in [1.82, 2.24) is 4.57 Å². The molecular weight excluding hydrogens is 463 g/mol. The van der Waals surface area contributed by atoms with Crippen LogP contribution in [0.1, 0.15) is 23.0 Å². The largest absolute Gasteiger partial charge is 0.490 e. The van der Waals surface area contributed by atoms with Gasteiger partial charge in [0.05, 0.1) is 12.1 Å². The third kappa shape index (κ3) is 4.37. The van der Waals surface area contributed by atoms with Crippen LogP contribution in [0.4, 0.5) is 10.1 Å². The zero-order valence-electron chi connectivity index (χ0n) is 20.2. The maximum Gasteiger partial charge on any atom is 0.308 e. The van der Waals surface area contributed by atoms with Crippen molar-refractivity contribution >= 4 is 28.5 Å². The number of likely N-dealkylation sites (N-methyl/N-ethyl adjacent to an activating group) is 1. The summed E-state index contributed by atoms with van der Waals surface area (Å²) in [5.41, 5.74) is 2.32. The maximum atomic E-state index is 14.1. The first-order valence-electron chi connectivity index (χ1n) is 11.5. The second-order valence-corrected chi connectivity index (χ2v) is 8.75. The Morgan fingerprint density at radius 2 is 1.83 bits per heavy atom. The van der Waals surface area contributed by atoms with Crippen LogP contribution < -0.4 is 19.1 Å². The molecule has 184 valence electrons.